The highest BCUT2D eigenvalue weighted by Gasteiger charge is 2.36. The Morgan fingerprint density at radius 1 is 1.45 bits per heavy atom. The minimum absolute atomic E-state index is 0.459. The van der Waals surface area contributed by atoms with E-state index in [0.717, 1.165) is 30.1 Å². The van der Waals surface area contributed by atoms with Gasteiger partial charge in [-0.05, 0) is 56.1 Å². The summed E-state index contributed by atoms with van der Waals surface area (Å²) >= 11 is 5.21. The molecule has 0 amide bonds. The van der Waals surface area contributed by atoms with Crippen molar-refractivity contribution in [2.45, 2.75) is 57.9 Å². The third-order valence-electron chi connectivity index (χ3n) is 4.47. The standard InChI is InChI=1S/C16H23N3S/c1-2-5-10-9-14(10)19-16-12(15(17)20)8-11-6-3-4-7-13(11)18-16/h8,10,14H,2-7,9H2,1H3,(H2,17,20)(H,18,19). The summed E-state index contributed by atoms with van der Waals surface area (Å²) in [6.45, 7) is 2.24. The van der Waals surface area contributed by atoms with E-state index in [-0.39, 0.29) is 0 Å². The minimum Gasteiger partial charge on any atom is -0.389 e. The summed E-state index contributed by atoms with van der Waals surface area (Å²) in [5.41, 5.74) is 9.40. The first kappa shape index (κ1) is 13.8. The van der Waals surface area contributed by atoms with Gasteiger partial charge >= 0.3 is 0 Å². The lowest BCUT2D eigenvalue weighted by Crippen LogP contribution is -2.19. The maximum atomic E-state index is 5.89. The van der Waals surface area contributed by atoms with Gasteiger partial charge in [0.1, 0.15) is 10.8 Å². The van der Waals surface area contributed by atoms with Crippen LogP contribution in [0.25, 0.3) is 0 Å². The van der Waals surface area contributed by atoms with Gasteiger partial charge < -0.3 is 11.1 Å². The van der Waals surface area contributed by atoms with E-state index in [1.165, 1.54) is 43.4 Å². The van der Waals surface area contributed by atoms with Gasteiger partial charge in [-0.2, -0.15) is 0 Å². The quantitative estimate of drug-likeness (QED) is 0.817. The molecule has 0 radical (unpaired) electrons. The summed E-state index contributed by atoms with van der Waals surface area (Å²) < 4.78 is 0. The van der Waals surface area contributed by atoms with Crippen molar-refractivity contribution < 1.29 is 0 Å². The average molecular weight is 289 g/mol. The molecule has 20 heavy (non-hydrogen) atoms. The number of hydrogen-bond acceptors (Lipinski definition) is 3. The fraction of sp³-hybridized carbons (Fsp3) is 0.625. The molecule has 2 atom stereocenters. The van der Waals surface area contributed by atoms with Crippen molar-refractivity contribution in [3.8, 4) is 0 Å². The van der Waals surface area contributed by atoms with E-state index in [1.807, 2.05) is 0 Å². The maximum absolute atomic E-state index is 5.89. The van der Waals surface area contributed by atoms with Gasteiger partial charge in [0.15, 0.2) is 0 Å². The fourth-order valence-electron chi connectivity index (χ4n) is 3.22. The monoisotopic (exact) mass is 289 g/mol. The van der Waals surface area contributed by atoms with Crippen LogP contribution in [0.4, 0.5) is 5.82 Å². The molecule has 1 fully saturated rings. The average Bonchev–Trinajstić information content (AvgIpc) is 3.16. The second-order valence-electron chi connectivity index (χ2n) is 6.10. The van der Waals surface area contributed by atoms with Crippen LogP contribution in [-0.2, 0) is 12.8 Å². The van der Waals surface area contributed by atoms with Crippen LogP contribution in [0.2, 0.25) is 0 Å². The summed E-state index contributed by atoms with van der Waals surface area (Å²) in [7, 11) is 0. The van der Waals surface area contributed by atoms with Crippen molar-refractivity contribution in [2.24, 2.45) is 11.7 Å². The molecule has 0 aromatic carbocycles. The smallest absolute Gasteiger partial charge is 0.136 e. The van der Waals surface area contributed by atoms with Crippen molar-refractivity contribution in [3.63, 3.8) is 0 Å². The predicted octanol–water partition coefficient (Wildman–Crippen LogP) is 3.20. The maximum Gasteiger partial charge on any atom is 0.136 e. The molecule has 0 aliphatic heterocycles. The lowest BCUT2D eigenvalue weighted by molar-refractivity contribution is 0.666. The number of nitrogens with zero attached hydrogens (tertiary/aromatic N) is 1. The van der Waals surface area contributed by atoms with Crippen LogP contribution in [-0.4, -0.2) is 16.0 Å². The molecule has 1 aromatic heterocycles. The molecular weight excluding hydrogens is 266 g/mol. The highest BCUT2D eigenvalue weighted by atomic mass is 32.1. The Kier molecular flexibility index (Phi) is 3.92. The molecule has 4 heteroatoms. The Hall–Kier alpha value is -1.16. The van der Waals surface area contributed by atoms with E-state index in [1.54, 1.807) is 0 Å². The van der Waals surface area contributed by atoms with E-state index in [0.29, 0.717) is 11.0 Å². The number of thiocarbonyl (C=S) groups is 1. The predicted molar refractivity (Wildman–Crippen MR) is 87.2 cm³/mol. The second-order valence-corrected chi connectivity index (χ2v) is 6.54. The van der Waals surface area contributed by atoms with Gasteiger partial charge in [-0.25, -0.2) is 4.98 Å². The van der Waals surface area contributed by atoms with Gasteiger partial charge in [0.2, 0.25) is 0 Å². The van der Waals surface area contributed by atoms with Gasteiger partial charge in [-0.1, -0.05) is 25.6 Å². The highest BCUT2D eigenvalue weighted by molar-refractivity contribution is 7.80. The molecule has 2 unspecified atom stereocenters. The molecule has 2 aliphatic rings. The number of hydrogen-bond donors (Lipinski definition) is 2. The number of rotatable bonds is 5. The Morgan fingerprint density at radius 3 is 3.00 bits per heavy atom. The summed E-state index contributed by atoms with van der Waals surface area (Å²) in [6.07, 6.45) is 8.50. The number of pyridine rings is 1. The van der Waals surface area contributed by atoms with Crippen LogP contribution in [0.3, 0.4) is 0 Å². The Balaban J connectivity index is 1.83. The van der Waals surface area contributed by atoms with E-state index in [9.17, 15) is 0 Å². The second kappa shape index (κ2) is 5.68. The van der Waals surface area contributed by atoms with E-state index >= 15 is 0 Å². The lowest BCUT2D eigenvalue weighted by Gasteiger charge is -2.19. The van der Waals surface area contributed by atoms with E-state index in [4.69, 9.17) is 22.9 Å². The van der Waals surface area contributed by atoms with Crippen LogP contribution in [0.5, 0.6) is 0 Å². The zero-order valence-electron chi connectivity index (χ0n) is 12.1. The van der Waals surface area contributed by atoms with E-state index in [2.05, 4.69) is 18.3 Å². The molecule has 1 saturated carbocycles. The van der Waals surface area contributed by atoms with Crippen molar-refractivity contribution in [1.82, 2.24) is 4.98 Å². The molecule has 0 bridgehead atoms. The first-order valence-electron chi connectivity index (χ1n) is 7.78. The molecule has 108 valence electrons. The Morgan fingerprint density at radius 2 is 2.25 bits per heavy atom. The zero-order valence-corrected chi connectivity index (χ0v) is 12.9. The molecule has 3 N–H and O–H groups in total. The summed E-state index contributed by atoms with van der Waals surface area (Å²) in [5, 5.41) is 3.57. The van der Waals surface area contributed by atoms with Crippen molar-refractivity contribution in [2.75, 3.05) is 5.32 Å². The molecule has 1 heterocycles. The van der Waals surface area contributed by atoms with Crippen LogP contribution < -0.4 is 11.1 Å². The molecule has 0 spiro atoms. The number of aromatic nitrogens is 1. The molecule has 2 aliphatic carbocycles. The van der Waals surface area contributed by atoms with E-state index < -0.39 is 0 Å². The summed E-state index contributed by atoms with van der Waals surface area (Å²) in [6, 6.07) is 2.74. The van der Waals surface area contributed by atoms with Gasteiger partial charge in [0.05, 0.1) is 5.56 Å². The summed E-state index contributed by atoms with van der Waals surface area (Å²) in [5.74, 6) is 1.72. The fourth-order valence-corrected chi connectivity index (χ4v) is 3.38. The zero-order chi connectivity index (χ0) is 14.1. The van der Waals surface area contributed by atoms with Crippen LogP contribution in [0.15, 0.2) is 6.07 Å². The van der Waals surface area contributed by atoms with Crippen molar-refractivity contribution >= 4 is 23.0 Å². The normalized spacial score (nSPS) is 24.1. The van der Waals surface area contributed by atoms with Gasteiger partial charge in [0, 0.05) is 11.7 Å². The molecule has 1 aromatic rings. The van der Waals surface area contributed by atoms with Gasteiger partial charge in [-0.15, -0.1) is 0 Å². The van der Waals surface area contributed by atoms with Crippen LogP contribution in [0.1, 0.15) is 55.8 Å². The number of nitrogens with one attached hydrogen (secondary N) is 1. The Labute approximate surface area is 126 Å². The van der Waals surface area contributed by atoms with Crippen LogP contribution in [0, 0.1) is 5.92 Å². The number of anilines is 1. The molecular formula is C16H23N3S. The van der Waals surface area contributed by atoms with Crippen LogP contribution >= 0.6 is 12.2 Å². The molecule has 0 saturated heterocycles. The van der Waals surface area contributed by atoms with Crippen molar-refractivity contribution in [1.29, 1.82) is 0 Å². The number of fused-ring (bicyclic) bond motifs is 1. The highest BCUT2D eigenvalue weighted by Crippen LogP contribution is 2.38. The largest absolute Gasteiger partial charge is 0.389 e. The molecule has 3 nitrogen and oxygen atoms in total. The topological polar surface area (TPSA) is 50.9 Å². The van der Waals surface area contributed by atoms with Gasteiger partial charge in [-0.3, -0.25) is 0 Å². The third kappa shape index (κ3) is 2.80. The molecule has 3 rings (SSSR count). The summed E-state index contributed by atoms with van der Waals surface area (Å²) in [4.78, 5) is 5.29. The number of aryl methyl sites for hydroxylation is 2. The number of nitrogens with two attached hydrogens (primary N) is 1. The SMILES string of the molecule is CCCC1CC1Nc1nc2c(cc1C(N)=S)CCCC2. The first-order valence-corrected chi connectivity index (χ1v) is 8.19. The van der Waals surface area contributed by atoms with Gasteiger partial charge in [0.25, 0.3) is 0 Å². The van der Waals surface area contributed by atoms with Crippen molar-refractivity contribution in [3.05, 3.63) is 22.9 Å². The Bertz CT molecular complexity index is 527. The minimum atomic E-state index is 0.459. The third-order valence-corrected chi connectivity index (χ3v) is 4.69. The first-order chi connectivity index (χ1) is 9.69. The lowest BCUT2D eigenvalue weighted by atomic mass is 9.94.